The van der Waals surface area contributed by atoms with Crippen molar-refractivity contribution in [3.63, 3.8) is 0 Å². The molecular formula is C18H27N3O2. The average Bonchev–Trinajstić information content (AvgIpc) is 3.01. The number of benzene rings is 1. The SMILES string of the molecule is O=C(NCC1CCCCN1Cc1ccccc1)C1CC(O)CN1. The van der Waals surface area contributed by atoms with Gasteiger partial charge in [0.25, 0.3) is 0 Å². The highest BCUT2D eigenvalue weighted by Crippen LogP contribution is 2.19. The highest BCUT2D eigenvalue weighted by molar-refractivity contribution is 5.82. The fraction of sp³-hybridized carbons (Fsp3) is 0.611. The zero-order valence-corrected chi connectivity index (χ0v) is 13.6. The van der Waals surface area contributed by atoms with Gasteiger partial charge < -0.3 is 15.7 Å². The summed E-state index contributed by atoms with van der Waals surface area (Å²) >= 11 is 0. The van der Waals surface area contributed by atoms with E-state index in [9.17, 15) is 9.90 Å². The topological polar surface area (TPSA) is 64.6 Å². The first kappa shape index (κ1) is 16.4. The number of rotatable bonds is 5. The Bertz CT molecular complexity index is 508. The van der Waals surface area contributed by atoms with Crippen molar-refractivity contribution in [2.24, 2.45) is 0 Å². The number of β-amino-alcohol motifs (C(OH)–C–C–N with tert-alkyl or cyclic N) is 1. The highest BCUT2D eigenvalue weighted by atomic mass is 16.3. The molecule has 0 aromatic heterocycles. The van der Waals surface area contributed by atoms with Crippen LogP contribution in [0.4, 0.5) is 0 Å². The fourth-order valence-electron chi connectivity index (χ4n) is 3.58. The molecule has 2 aliphatic heterocycles. The number of piperidine rings is 1. The van der Waals surface area contributed by atoms with Crippen molar-refractivity contribution in [1.29, 1.82) is 0 Å². The number of hydrogen-bond donors (Lipinski definition) is 3. The van der Waals surface area contributed by atoms with E-state index in [2.05, 4.69) is 39.8 Å². The maximum absolute atomic E-state index is 12.2. The Morgan fingerprint density at radius 2 is 2.13 bits per heavy atom. The van der Waals surface area contributed by atoms with Crippen LogP contribution >= 0.6 is 0 Å². The fourth-order valence-corrected chi connectivity index (χ4v) is 3.58. The maximum atomic E-state index is 12.2. The number of nitrogens with one attached hydrogen (secondary N) is 2. The van der Waals surface area contributed by atoms with E-state index in [0.717, 1.165) is 19.5 Å². The predicted molar refractivity (Wildman–Crippen MR) is 89.9 cm³/mol. The molecule has 0 bridgehead atoms. The lowest BCUT2D eigenvalue weighted by molar-refractivity contribution is -0.123. The van der Waals surface area contributed by atoms with Crippen LogP contribution in [0.15, 0.2) is 30.3 Å². The van der Waals surface area contributed by atoms with Crippen molar-refractivity contribution in [3.05, 3.63) is 35.9 Å². The van der Waals surface area contributed by atoms with Crippen LogP contribution < -0.4 is 10.6 Å². The molecule has 3 N–H and O–H groups in total. The summed E-state index contributed by atoms with van der Waals surface area (Å²) in [4.78, 5) is 14.7. The second-order valence-electron chi connectivity index (χ2n) is 6.70. The molecular weight excluding hydrogens is 290 g/mol. The molecule has 2 saturated heterocycles. The Labute approximate surface area is 138 Å². The molecule has 3 atom stereocenters. The van der Waals surface area contributed by atoms with E-state index in [0.29, 0.717) is 25.6 Å². The van der Waals surface area contributed by atoms with Crippen LogP contribution in [0.5, 0.6) is 0 Å². The van der Waals surface area contributed by atoms with Crippen LogP contribution in [0, 0.1) is 0 Å². The van der Waals surface area contributed by atoms with E-state index in [1.165, 1.54) is 18.4 Å². The van der Waals surface area contributed by atoms with Crippen LogP contribution in [-0.4, -0.2) is 53.7 Å². The standard InChI is InChI=1S/C18H27N3O2/c22-16-10-17(19-12-16)18(23)20-11-15-8-4-5-9-21(15)13-14-6-2-1-3-7-14/h1-3,6-7,15-17,19,22H,4-5,8-13H2,(H,20,23). The molecule has 1 amide bonds. The Kier molecular flexibility index (Phi) is 5.65. The molecule has 2 aliphatic rings. The second kappa shape index (κ2) is 7.90. The minimum absolute atomic E-state index is 0.0202. The first-order chi connectivity index (χ1) is 11.2. The van der Waals surface area contributed by atoms with Crippen molar-refractivity contribution in [2.45, 2.75) is 50.4 Å². The quantitative estimate of drug-likeness (QED) is 0.754. The zero-order valence-electron chi connectivity index (χ0n) is 13.6. The van der Waals surface area contributed by atoms with Gasteiger partial charge in [-0.1, -0.05) is 36.8 Å². The number of carbonyl (C=O) groups is 1. The minimum Gasteiger partial charge on any atom is -0.392 e. The summed E-state index contributed by atoms with van der Waals surface area (Å²) in [5.74, 6) is 0.0202. The predicted octanol–water partition coefficient (Wildman–Crippen LogP) is 0.880. The number of aliphatic hydroxyl groups is 1. The Morgan fingerprint density at radius 1 is 1.30 bits per heavy atom. The zero-order chi connectivity index (χ0) is 16.1. The first-order valence-electron chi connectivity index (χ1n) is 8.69. The highest BCUT2D eigenvalue weighted by Gasteiger charge is 2.29. The summed E-state index contributed by atoms with van der Waals surface area (Å²) in [5, 5.41) is 15.7. The van der Waals surface area contributed by atoms with Gasteiger partial charge in [-0.25, -0.2) is 0 Å². The minimum atomic E-state index is -0.394. The van der Waals surface area contributed by atoms with E-state index in [4.69, 9.17) is 0 Å². The summed E-state index contributed by atoms with van der Waals surface area (Å²) < 4.78 is 0. The number of carbonyl (C=O) groups excluding carboxylic acids is 1. The molecule has 126 valence electrons. The summed E-state index contributed by atoms with van der Waals surface area (Å²) in [7, 11) is 0. The molecule has 1 aromatic rings. The molecule has 0 spiro atoms. The third-order valence-corrected chi connectivity index (χ3v) is 4.91. The molecule has 2 fully saturated rings. The van der Waals surface area contributed by atoms with Gasteiger partial charge in [0.1, 0.15) is 0 Å². The molecule has 23 heavy (non-hydrogen) atoms. The molecule has 0 radical (unpaired) electrons. The van der Waals surface area contributed by atoms with Gasteiger partial charge in [0.2, 0.25) is 5.91 Å². The van der Waals surface area contributed by atoms with E-state index in [1.54, 1.807) is 0 Å². The van der Waals surface area contributed by atoms with Crippen molar-refractivity contribution >= 4 is 5.91 Å². The van der Waals surface area contributed by atoms with Gasteiger partial charge in [-0.2, -0.15) is 0 Å². The number of amides is 1. The third kappa shape index (κ3) is 4.53. The van der Waals surface area contributed by atoms with Gasteiger partial charge in [-0.15, -0.1) is 0 Å². The maximum Gasteiger partial charge on any atom is 0.237 e. The van der Waals surface area contributed by atoms with Gasteiger partial charge in [0, 0.05) is 25.7 Å². The first-order valence-corrected chi connectivity index (χ1v) is 8.69. The Morgan fingerprint density at radius 3 is 2.87 bits per heavy atom. The van der Waals surface area contributed by atoms with Crippen LogP contribution in [0.1, 0.15) is 31.2 Å². The van der Waals surface area contributed by atoms with Gasteiger partial charge in [-0.3, -0.25) is 9.69 Å². The largest absolute Gasteiger partial charge is 0.392 e. The molecule has 5 heteroatoms. The smallest absolute Gasteiger partial charge is 0.237 e. The van der Waals surface area contributed by atoms with Crippen LogP contribution in [0.3, 0.4) is 0 Å². The average molecular weight is 317 g/mol. The number of nitrogens with zero attached hydrogens (tertiary/aromatic N) is 1. The molecule has 5 nitrogen and oxygen atoms in total. The van der Waals surface area contributed by atoms with Gasteiger partial charge in [-0.05, 0) is 31.4 Å². The van der Waals surface area contributed by atoms with Crippen molar-refractivity contribution < 1.29 is 9.90 Å². The van der Waals surface area contributed by atoms with E-state index >= 15 is 0 Å². The lowest BCUT2D eigenvalue weighted by Crippen LogP contribution is -2.49. The molecule has 3 unspecified atom stereocenters. The molecule has 1 aromatic carbocycles. The molecule has 2 heterocycles. The van der Waals surface area contributed by atoms with E-state index < -0.39 is 6.10 Å². The van der Waals surface area contributed by atoms with Gasteiger partial charge >= 0.3 is 0 Å². The monoisotopic (exact) mass is 317 g/mol. The summed E-state index contributed by atoms with van der Waals surface area (Å²) in [6, 6.07) is 10.7. The van der Waals surface area contributed by atoms with Crippen LogP contribution in [0.2, 0.25) is 0 Å². The van der Waals surface area contributed by atoms with E-state index in [-0.39, 0.29) is 11.9 Å². The summed E-state index contributed by atoms with van der Waals surface area (Å²) in [6.07, 6.45) is 3.72. The van der Waals surface area contributed by atoms with E-state index in [1.807, 2.05) is 6.07 Å². The lowest BCUT2D eigenvalue weighted by Gasteiger charge is -2.36. The van der Waals surface area contributed by atoms with Crippen molar-refractivity contribution in [3.8, 4) is 0 Å². The normalized spacial score (nSPS) is 28.7. The van der Waals surface area contributed by atoms with Crippen molar-refractivity contribution in [2.75, 3.05) is 19.6 Å². The molecule has 0 saturated carbocycles. The number of aliphatic hydroxyl groups excluding tert-OH is 1. The summed E-state index contributed by atoms with van der Waals surface area (Å²) in [6.45, 7) is 3.25. The number of hydrogen-bond acceptors (Lipinski definition) is 4. The lowest BCUT2D eigenvalue weighted by atomic mass is 10.0. The second-order valence-corrected chi connectivity index (χ2v) is 6.70. The van der Waals surface area contributed by atoms with Gasteiger partial charge in [0.05, 0.1) is 12.1 Å². The van der Waals surface area contributed by atoms with Crippen LogP contribution in [0.25, 0.3) is 0 Å². The third-order valence-electron chi connectivity index (χ3n) is 4.91. The Hall–Kier alpha value is -1.43. The Balaban J connectivity index is 1.51. The van der Waals surface area contributed by atoms with Gasteiger partial charge in [0.15, 0.2) is 0 Å². The number of likely N-dealkylation sites (tertiary alicyclic amines) is 1. The van der Waals surface area contributed by atoms with Crippen LogP contribution in [-0.2, 0) is 11.3 Å². The van der Waals surface area contributed by atoms with Crippen molar-refractivity contribution in [1.82, 2.24) is 15.5 Å². The summed E-state index contributed by atoms with van der Waals surface area (Å²) in [5.41, 5.74) is 1.33. The molecule has 0 aliphatic carbocycles. The molecule has 3 rings (SSSR count).